The van der Waals surface area contributed by atoms with Crippen molar-refractivity contribution in [3.63, 3.8) is 0 Å². The van der Waals surface area contributed by atoms with E-state index in [9.17, 15) is 19.0 Å². The van der Waals surface area contributed by atoms with Crippen LogP contribution in [0.2, 0.25) is 0 Å². The fraction of sp³-hybridized carbons (Fsp3) is 0.739. The van der Waals surface area contributed by atoms with Crippen LogP contribution in [0.4, 0.5) is 0 Å². The number of carbonyl (C=O) groups is 2. The standard InChI is InChI=1S/C46H82NO8P/c1-4-6-8-10-12-14-16-18-20-21-22-23-25-26-28-30-32-34-36-38-45(48)52-42-44(43-54-56(50,51)53-41-40-47-3)55-46(49)39-37-35-33-31-29-27-24-19-17-15-13-11-9-7-5-2/h7,9,13,15,18-20,24,29,31,44,47H,4-6,8,10-12,14,16-17,21-23,25-28,30,32-43H2,1-3H3,(H,50,51)/b9-7-,15-13-,20-18-,24-19-,31-29-. The molecule has 0 radical (unpaired) electrons. The summed E-state index contributed by atoms with van der Waals surface area (Å²) in [5.74, 6) is -0.859. The Kier molecular flexibility index (Phi) is 40.6. The van der Waals surface area contributed by atoms with Crippen LogP contribution in [-0.2, 0) is 32.7 Å². The molecule has 0 saturated carbocycles. The van der Waals surface area contributed by atoms with Gasteiger partial charge < -0.3 is 19.7 Å². The number of esters is 2. The van der Waals surface area contributed by atoms with Gasteiger partial charge in [-0.1, -0.05) is 152 Å². The first-order valence-electron chi connectivity index (χ1n) is 22.2. The normalized spacial score (nSPS) is 13.9. The molecule has 0 aromatic rings. The van der Waals surface area contributed by atoms with Crippen LogP contribution >= 0.6 is 7.82 Å². The molecular weight excluding hydrogens is 725 g/mol. The molecule has 0 bridgehead atoms. The third-order valence-electron chi connectivity index (χ3n) is 9.12. The second-order valence-electron chi connectivity index (χ2n) is 14.5. The van der Waals surface area contributed by atoms with Crippen molar-refractivity contribution >= 4 is 19.8 Å². The Morgan fingerprint density at radius 2 is 1.02 bits per heavy atom. The van der Waals surface area contributed by atoms with E-state index < -0.39 is 26.5 Å². The number of carbonyl (C=O) groups excluding carboxylic acids is 2. The topological polar surface area (TPSA) is 120 Å². The summed E-state index contributed by atoms with van der Waals surface area (Å²) in [6, 6.07) is 0. The summed E-state index contributed by atoms with van der Waals surface area (Å²) < 4.78 is 33.2. The van der Waals surface area contributed by atoms with E-state index in [-0.39, 0.29) is 32.0 Å². The maximum Gasteiger partial charge on any atom is 0.472 e. The van der Waals surface area contributed by atoms with E-state index in [4.69, 9.17) is 18.5 Å². The molecule has 0 aliphatic carbocycles. The minimum Gasteiger partial charge on any atom is -0.462 e. The fourth-order valence-electron chi connectivity index (χ4n) is 5.77. The van der Waals surface area contributed by atoms with Crippen LogP contribution in [-0.4, -0.2) is 56.3 Å². The van der Waals surface area contributed by atoms with Gasteiger partial charge in [0.25, 0.3) is 0 Å². The summed E-state index contributed by atoms with van der Waals surface area (Å²) in [6.07, 6.45) is 48.4. The number of likely N-dealkylation sites (N-methyl/N-ethyl adjacent to an activating group) is 1. The summed E-state index contributed by atoms with van der Waals surface area (Å²) in [4.78, 5) is 35.1. The van der Waals surface area contributed by atoms with Gasteiger partial charge in [0, 0.05) is 19.4 Å². The lowest BCUT2D eigenvalue weighted by Gasteiger charge is -2.20. The number of hydrogen-bond donors (Lipinski definition) is 2. The largest absolute Gasteiger partial charge is 0.472 e. The molecule has 2 atom stereocenters. The van der Waals surface area contributed by atoms with Gasteiger partial charge in [-0.3, -0.25) is 18.6 Å². The van der Waals surface area contributed by atoms with E-state index in [1.807, 2.05) is 0 Å². The van der Waals surface area contributed by atoms with Crippen molar-refractivity contribution in [3.8, 4) is 0 Å². The third kappa shape index (κ3) is 41.3. The number of allylic oxidation sites excluding steroid dienone is 10. The molecule has 0 aromatic carbocycles. The predicted octanol–water partition coefficient (Wildman–Crippen LogP) is 12.8. The highest BCUT2D eigenvalue weighted by Crippen LogP contribution is 2.43. The smallest absolute Gasteiger partial charge is 0.462 e. The molecule has 10 heteroatoms. The van der Waals surface area contributed by atoms with Gasteiger partial charge in [-0.05, 0) is 84.1 Å². The number of ether oxygens (including phenoxy) is 2. The van der Waals surface area contributed by atoms with Gasteiger partial charge in [0.1, 0.15) is 6.61 Å². The minimum atomic E-state index is -4.36. The first-order chi connectivity index (χ1) is 27.3. The average molecular weight is 808 g/mol. The highest BCUT2D eigenvalue weighted by Gasteiger charge is 2.26. The van der Waals surface area contributed by atoms with Crippen molar-refractivity contribution in [2.24, 2.45) is 0 Å². The van der Waals surface area contributed by atoms with Crippen LogP contribution in [0.15, 0.2) is 60.8 Å². The van der Waals surface area contributed by atoms with Crippen LogP contribution < -0.4 is 5.32 Å². The SMILES string of the molecule is CC/C=C\C/C=C\C/C=C\C/C=C\CCCCC(=O)OC(COC(=O)CCCCCCCCCCC/C=C\CCCCCCCC)COP(=O)(O)OCCNC. The quantitative estimate of drug-likeness (QED) is 0.0269. The van der Waals surface area contributed by atoms with E-state index >= 15 is 0 Å². The molecule has 9 nitrogen and oxygen atoms in total. The zero-order valence-electron chi connectivity index (χ0n) is 35.8. The first kappa shape index (κ1) is 53.7. The van der Waals surface area contributed by atoms with E-state index in [0.717, 1.165) is 57.8 Å². The van der Waals surface area contributed by atoms with Gasteiger partial charge in [0.15, 0.2) is 6.10 Å². The zero-order valence-corrected chi connectivity index (χ0v) is 36.7. The second-order valence-corrected chi connectivity index (χ2v) is 15.9. The molecular formula is C46H82NO8P. The van der Waals surface area contributed by atoms with Crippen molar-refractivity contribution in [2.75, 3.05) is 33.4 Å². The molecule has 0 rings (SSSR count). The molecule has 0 fully saturated rings. The second kappa shape index (κ2) is 42.3. The van der Waals surface area contributed by atoms with E-state index in [2.05, 4.69) is 79.9 Å². The zero-order chi connectivity index (χ0) is 41.1. The predicted molar refractivity (Wildman–Crippen MR) is 234 cm³/mol. The molecule has 2 unspecified atom stereocenters. The van der Waals surface area contributed by atoms with Crippen LogP contribution in [0.25, 0.3) is 0 Å². The highest BCUT2D eigenvalue weighted by molar-refractivity contribution is 7.47. The van der Waals surface area contributed by atoms with Crippen LogP contribution in [0, 0.1) is 0 Å². The maximum absolute atomic E-state index is 12.6. The summed E-state index contributed by atoms with van der Waals surface area (Å²) in [7, 11) is -2.67. The Bertz CT molecular complexity index is 1100. The Hall–Kier alpha value is -2.29. The van der Waals surface area contributed by atoms with Gasteiger partial charge in [-0.2, -0.15) is 0 Å². The molecule has 0 amide bonds. The molecule has 0 aliphatic heterocycles. The van der Waals surface area contributed by atoms with Crippen molar-refractivity contribution in [1.82, 2.24) is 5.32 Å². The Morgan fingerprint density at radius 1 is 0.571 bits per heavy atom. The summed E-state index contributed by atoms with van der Waals surface area (Å²) >= 11 is 0. The molecule has 2 N–H and O–H groups in total. The van der Waals surface area contributed by atoms with Crippen molar-refractivity contribution in [3.05, 3.63) is 60.8 Å². The van der Waals surface area contributed by atoms with Crippen molar-refractivity contribution < 1.29 is 37.6 Å². The first-order valence-corrected chi connectivity index (χ1v) is 23.7. The summed E-state index contributed by atoms with van der Waals surface area (Å²) in [5, 5.41) is 2.82. The number of rotatable bonds is 41. The fourth-order valence-corrected chi connectivity index (χ4v) is 6.52. The molecule has 56 heavy (non-hydrogen) atoms. The van der Waals surface area contributed by atoms with Crippen LogP contribution in [0.1, 0.15) is 181 Å². The summed E-state index contributed by atoms with van der Waals surface area (Å²) in [6.45, 7) is 4.05. The number of hydrogen-bond acceptors (Lipinski definition) is 8. The summed E-state index contributed by atoms with van der Waals surface area (Å²) in [5.41, 5.74) is 0. The van der Waals surface area contributed by atoms with Gasteiger partial charge in [0.05, 0.1) is 13.2 Å². The molecule has 0 saturated heterocycles. The maximum atomic E-state index is 12.6. The van der Waals surface area contributed by atoms with Gasteiger partial charge in [0.2, 0.25) is 0 Å². The lowest BCUT2D eigenvalue weighted by Crippen LogP contribution is -2.29. The molecule has 324 valence electrons. The van der Waals surface area contributed by atoms with Crippen LogP contribution in [0.3, 0.4) is 0 Å². The highest BCUT2D eigenvalue weighted by atomic mass is 31.2. The van der Waals surface area contributed by atoms with Crippen molar-refractivity contribution in [2.45, 2.75) is 187 Å². The third-order valence-corrected chi connectivity index (χ3v) is 10.1. The molecule has 0 spiro atoms. The van der Waals surface area contributed by atoms with Gasteiger partial charge in [-0.25, -0.2) is 4.57 Å². The minimum absolute atomic E-state index is 0.0275. The lowest BCUT2D eigenvalue weighted by molar-refractivity contribution is -0.161. The molecule has 0 aromatic heterocycles. The number of unbranched alkanes of at least 4 members (excludes halogenated alkanes) is 17. The average Bonchev–Trinajstić information content (AvgIpc) is 3.18. The Labute approximate surface area is 342 Å². The van der Waals surface area contributed by atoms with Crippen LogP contribution in [0.5, 0.6) is 0 Å². The van der Waals surface area contributed by atoms with E-state index in [1.165, 1.54) is 89.9 Å². The lowest BCUT2D eigenvalue weighted by atomic mass is 10.1. The van der Waals surface area contributed by atoms with E-state index in [1.54, 1.807) is 7.05 Å². The van der Waals surface area contributed by atoms with Gasteiger partial charge in [-0.15, -0.1) is 0 Å². The van der Waals surface area contributed by atoms with Gasteiger partial charge >= 0.3 is 19.8 Å². The number of phosphoric acid groups is 1. The number of phosphoric ester groups is 1. The van der Waals surface area contributed by atoms with E-state index in [0.29, 0.717) is 13.0 Å². The van der Waals surface area contributed by atoms with Crippen molar-refractivity contribution in [1.29, 1.82) is 0 Å². The number of nitrogens with one attached hydrogen (secondary N) is 1. The molecule has 0 aliphatic rings. The Balaban J connectivity index is 4.25. The monoisotopic (exact) mass is 808 g/mol. The Morgan fingerprint density at radius 3 is 1.57 bits per heavy atom. The molecule has 0 heterocycles.